The quantitative estimate of drug-likeness (QED) is 0.129. The van der Waals surface area contributed by atoms with Gasteiger partial charge in [-0.1, -0.05) is 78.9 Å². The first-order chi connectivity index (χ1) is 25.2. The van der Waals surface area contributed by atoms with Crippen LogP contribution in [0.25, 0.3) is 38.8 Å². The maximum Gasteiger partial charge on any atom is 0.337 e. The van der Waals surface area contributed by atoms with Crippen molar-refractivity contribution in [1.29, 1.82) is 0 Å². The van der Waals surface area contributed by atoms with Crippen LogP contribution in [-0.4, -0.2) is 37.2 Å². The first kappa shape index (κ1) is 33.6. The van der Waals surface area contributed by atoms with E-state index in [1.165, 1.54) is 6.07 Å². The Hall–Kier alpha value is -6.94. The Morgan fingerprint density at radius 1 is 0.712 bits per heavy atom. The van der Waals surface area contributed by atoms with Crippen molar-refractivity contribution >= 4 is 45.0 Å². The molecule has 0 unspecified atom stereocenters. The molecule has 1 aliphatic carbocycles. The number of fused-ring (bicyclic) bond motifs is 8. The van der Waals surface area contributed by atoms with E-state index in [0.717, 1.165) is 33.6 Å². The van der Waals surface area contributed by atoms with Crippen LogP contribution >= 0.6 is 0 Å². The number of carbonyl (C=O) groups excluding carboxylic acids is 2. The predicted octanol–water partition coefficient (Wildman–Crippen LogP) is 6.54. The van der Waals surface area contributed by atoms with Crippen LogP contribution in [0, 0.1) is 0 Å². The van der Waals surface area contributed by atoms with Crippen LogP contribution < -0.4 is 16.7 Å². The third-order valence-electron chi connectivity index (χ3n) is 9.13. The van der Waals surface area contributed by atoms with Crippen LogP contribution in [0.5, 0.6) is 0 Å². The molecule has 0 saturated heterocycles. The Bertz CT molecular complexity index is 2680. The van der Waals surface area contributed by atoms with Gasteiger partial charge in [-0.25, -0.2) is 9.78 Å². The van der Waals surface area contributed by atoms with E-state index in [1.807, 2.05) is 84.9 Å². The highest BCUT2D eigenvalue weighted by molar-refractivity contribution is 6.02. The van der Waals surface area contributed by atoms with E-state index in [1.54, 1.807) is 34.9 Å². The summed E-state index contributed by atoms with van der Waals surface area (Å²) in [7, 11) is 0. The van der Waals surface area contributed by atoms with Crippen molar-refractivity contribution in [1.82, 2.24) is 14.5 Å². The number of para-hydroxylation sites is 4. The normalized spacial score (nSPS) is 12.8. The smallest absolute Gasteiger partial charge is 0.337 e. The van der Waals surface area contributed by atoms with Gasteiger partial charge in [-0.3, -0.25) is 23.7 Å². The maximum absolute atomic E-state index is 13.4. The number of carbonyl (C=O) groups is 3. The minimum atomic E-state index is -0.988. The lowest BCUT2D eigenvalue weighted by Crippen LogP contribution is -2.24. The summed E-state index contributed by atoms with van der Waals surface area (Å²) in [6.45, 7) is 0. The number of benzene rings is 5. The number of H-pyrrole nitrogens is 1. The third kappa shape index (κ3) is 6.40. The van der Waals surface area contributed by atoms with E-state index in [4.69, 9.17) is 15.8 Å². The fourth-order valence-electron chi connectivity index (χ4n) is 6.59. The average Bonchev–Trinajstić information content (AvgIpc) is 3.39. The van der Waals surface area contributed by atoms with Gasteiger partial charge in [-0.05, 0) is 48.0 Å². The molecule has 0 amide bonds. The molecule has 9 rings (SSSR count). The summed E-state index contributed by atoms with van der Waals surface area (Å²) in [5.41, 5.74) is 11.6. The lowest BCUT2D eigenvalue weighted by molar-refractivity contribution is -0.118. The fraction of sp³-hybridized carbons (Fsp3) is 0.0952. The summed E-state index contributed by atoms with van der Waals surface area (Å²) in [5, 5.41) is 9.69. The van der Waals surface area contributed by atoms with Crippen molar-refractivity contribution in [3.05, 3.63) is 170 Å². The minimum Gasteiger partial charge on any atom is -0.478 e. The number of rotatable bonds is 1. The lowest BCUT2D eigenvalue weighted by Gasteiger charge is -2.13. The third-order valence-corrected chi connectivity index (χ3v) is 9.13. The van der Waals surface area contributed by atoms with Gasteiger partial charge in [0.15, 0.2) is 11.2 Å². The molecule has 3 heterocycles. The number of aromatic nitrogens is 3. The van der Waals surface area contributed by atoms with Crippen molar-refractivity contribution in [3.8, 4) is 16.9 Å². The SMILES string of the molecule is Nc1ccccc1C(=O)O.O=C1CCC(=O)c2ccccc2C1.O=c1c2c([nH]c3ccccc13)-c1ccccc1-n1c(nc3ccccc3c1=O)C2. The molecule has 4 N–H and O–H groups in total. The van der Waals surface area contributed by atoms with Crippen LogP contribution in [-0.2, 0) is 17.6 Å². The topological polar surface area (TPSA) is 165 Å². The van der Waals surface area contributed by atoms with Crippen LogP contribution in [0.2, 0.25) is 0 Å². The lowest BCUT2D eigenvalue weighted by atomic mass is 10.0. The zero-order valence-electron chi connectivity index (χ0n) is 27.8. The number of aromatic carboxylic acids is 1. The second-order valence-corrected chi connectivity index (χ2v) is 12.4. The van der Waals surface area contributed by atoms with Crippen molar-refractivity contribution in [2.75, 3.05) is 5.73 Å². The summed E-state index contributed by atoms with van der Waals surface area (Å²) in [6, 6.07) is 36.2. The van der Waals surface area contributed by atoms with E-state index in [9.17, 15) is 24.0 Å². The van der Waals surface area contributed by atoms with Gasteiger partial charge in [0.25, 0.3) is 5.56 Å². The van der Waals surface area contributed by atoms with Gasteiger partial charge in [0.1, 0.15) is 11.6 Å². The molecule has 52 heavy (non-hydrogen) atoms. The summed E-state index contributed by atoms with van der Waals surface area (Å²) in [5.74, 6) is -0.154. The van der Waals surface area contributed by atoms with E-state index in [-0.39, 0.29) is 34.5 Å². The molecule has 0 saturated carbocycles. The maximum atomic E-state index is 13.4. The number of nitrogens with two attached hydrogens (primary N) is 1. The monoisotopic (exact) mass is 688 g/mol. The van der Waals surface area contributed by atoms with Crippen LogP contribution in [0.4, 0.5) is 5.69 Å². The molecule has 2 aliphatic rings. The van der Waals surface area contributed by atoms with Crippen molar-refractivity contribution in [2.24, 2.45) is 0 Å². The number of carboxylic acid groups (broad SMARTS) is 1. The van der Waals surface area contributed by atoms with Gasteiger partial charge in [-0.2, -0.15) is 0 Å². The Morgan fingerprint density at radius 2 is 1.37 bits per heavy atom. The van der Waals surface area contributed by atoms with Crippen LogP contribution in [0.15, 0.2) is 131 Å². The Balaban J connectivity index is 0.000000150. The largest absolute Gasteiger partial charge is 0.478 e. The van der Waals surface area contributed by atoms with Gasteiger partial charge in [0.05, 0.1) is 27.8 Å². The molecule has 0 spiro atoms. The summed E-state index contributed by atoms with van der Waals surface area (Å²) < 4.78 is 1.65. The molecule has 7 aromatic rings. The van der Waals surface area contributed by atoms with Crippen molar-refractivity contribution in [2.45, 2.75) is 25.7 Å². The molecule has 1 aliphatic heterocycles. The molecular weight excluding hydrogens is 656 g/mol. The zero-order chi connectivity index (χ0) is 36.4. The van der Waals surface area contributed by atoms with Crippen LogP contribution in [0.1, 0.15) is 50.5 Å². The van der Waals surface area contributed by atoms with Gasteiger partial charge in [0, 0.05) is 59.0 Å². The number of nitrogen functional groups attached to an aromatic ring is 1. The number of carboxylic acids is 1. The summed E-state index contributed by atoms with van der Waals surface area (Å²) in [6.07, 6.45) is 1.47. The zero-order valence-corrected chi connectivity index (χ0v) is 27.8. The molecule has 0 atom stereocenters. The fourth-order valence-corrected chi connectivity index (χ4v) is 6.59. The molecule has 0 bridgehead atoms. The van der Waals surface area contributed by atoms with Crippen LogP contribution in [0.3, 0.4) is 0 Å². The molecule has 256 valence electrons. The molecule has 10 heteroatoms. The number of nitrogens with zero attached hydrogens (tertiary/aromatic N) is 2. The molecular formula is C42H32N4O6. The van der Waals surface area contributed by atoms with Gasteiger partial charge < -0.3 is 15.8 Å². The number of hydrogen-bond donors (Lipinski definition) is 3. The number of hydrogen-bond acceptors (Lipinski definition) is 7. The van der Waals surface area contributed by atoms with E-state index >= 15 is 0 Å². The Kier molecular flexibility index (Phi) is 9.11. The second kappa shape index (κ2) is 14.1. The van der Waals surface area contributed by atoms with Crippen molar-refractivity contribution < 1.29 is 19.5 Å². The molecule has 10 nitrogen and oxygen atoms in total. The predicted molar refractivity (Wildman–Crippen MR) is 200 cm³/mol. The van der Waals surface area contributed by atoms with Crippen molar-refractivity contribution in [3.63, 3.8) is 0 Å². The van der Waals surface area contributed by atoms with E-state index in [2.05, 4.69) is 4.98 Å². The molecule has 2 aromatic heterocycles. The number of Topliss-reactive ketones (excluding diaryl/α,β-unsaturated/α-hetero) is 2. The minimum absolute atomic E-state index is 0.0278. The second-order valence-electron chi connectivity index (χ2n) is 12.4. The molecule has 0 radical (unpaired) electrons. The number of nitrogens with one attached hydrogen (secondary N) is 1. The standard InChI is InChI=1S/C24H15N3O2.C11H10O2.C7H7NO2/c28-23-14-7-1-4-10-18(14)26-22-16-9-3-6-12-20(16)27-21(13-17(22)23)25-19-11-5-2-8-15(19)24(27)29;12-9-5-6-11(13)10-4-2-1-3-8(10)7-9;8-6-4-2-1-3-5(6)7(9)10/h1-12H,13H2,(H,26,28);1-4H,5-7H2;1-4H,8H2,(H,9,10). The molecule has 5 aromatic carbocycles. The number of aromatic amines is 1. The first-order valence-electron chi connectivity index (χ1n) is 16.7. The van der Waals surface area contributed by atoms with E-state index < -0.39 is 5.97 Å². The highest BCUT2D eigenvalue weighted by Crippen LogP contribution is 2.33. The number of anilines is 1. The summed E-state index contributed by atoms with van der Waals surface area (Å²) in [4.78, 5) is 68.0. The van der Waals surface area contributed by atoms with E-state index in [0.29, 0.717) is 52.6 Å². The Labute approximate surface area is 296 Å². The highest BCUT2D eigenvalue weighted by Gasteiger charge is 2.25. The summed E-state index contributed by atoms with van der Waals surface area (Å²) >= 11 is 0. The first-order valence-corrected chi connectivity index (χ1v) is 16.7. The molecule has 0 fully saturated rings. The number of pyridine rings is 1. The van der Waals surface area contributed by atoms with Gasteiger partial charge >= 0.3 is 5.97 Å². The number of ketones is 2. The van der Waals surface area contributed by atoms with Gasteiger partial charge in [-0.15, -0.1) is 0 Å². The average molecular weight is 689 g/mol. The Morgan fingerprint density at radius 3 is 2.13 bits per heavy atom. The highest BCUT2D eigenvalue weighted by atomic mass is 16.4. The van der Waals surface area contributed by atoms with Gasteiger partial charge in [0.2, 0.25) is 0 Å².